The summed E-state index contributed by atoms with van der Waals surface area (Å²) in [6.45, 7) is 8.04. The number of amides is 2. The van der Waals surface area contributed by atoms with Crippen LogP contribution in [0.3, 0.4) is 0 Å². The number of aryl methyl sites for hydroxylation is 1. The van der Waals surface area contributed by atoms with Gasteiger partial charge in [-0.05, 0) is 49.1 Å². The second-order valence-corrected chi connectivity index (χ2v) is 6.28. The molecule has 1 aromatic heterocycles. The third-order valence-corrected chi connectivity index (χ3v) is 3.76. The zero-order valence-electron chi connectivity index (χ0n) is 16.0. The van der Waals surface area contributed by atoms with Crippen LogP contribution in [0.15, 0.2) is 36.5 Å². The Balaban J connectivity index is 1.92. The molecule has 0 radical (unpaired) electrons. The van der Waals surface area contributed by atoms with Crippen LogP contribution >= 0.6 is 0 Å². The van der Waals surface area contributed by atoms with Crippen molar-refractivity contribution in [2.45, 2.75) is 33.6 Å². The van der Waals surface area contributed by atoms with Crippen LogP contribution < -0.4 is 20.3 Å². The number of nitrogens with zero attached hydrogens (tertiary/aromatic N) is 1. The normalized spacial score (nSPS) is 10.4. The Bertz CT molecular complexity index is 806. The first-order valence-electron chi connectivity index (χ1n) is 8.82. The summed E-state index contributed by atoms with van der Waals surface area (Å²) in [6, 6.07) is 9.08. The van der Waals surface area contributed by atoms with E-state index in [-0.39, 0.29) is 24.0 Å². The number of hydrogen-bond donors (Lipinski definition) is 2. The predicted molar refractivity (Wildman–Crippen MR) is 102 cm³/mol. The maximum Gasteiger partial charge on any atom is 0.276 e. The molecule has 2 N–H and O–H groups in total. The molecule has 2 amide bonds. The van der Waals surface area contributed by atoms with Crippen LogP contribution in [-0.4, -0.2) is 30.0 Å². The molecule has 0 unspecified atom stereocenters. The first-order chi connectivity index (χ1) is 12.9. The summed E-state index contributed by atoms with van der Waals surface area (Å²) in [5, 5.41) is 0. The first-order valence-corrected chi connectivity index (χ1v) is 8.82. The number of hydrazine groups is 1. The van der Waals surface area contributed by atoms with E-state index >= 15 is 0 Å². The van der Waals surface area contributed by atoms with Crippen LogP contribution in [0.25, 0.3) is 0 Å². The molecule has 27 heavy (non-hydrogen) atoms. The van der Waals surface area contributed by atoms with E-state index in [0.29, 0.717) is 12.4 Å². The lowest BCUT2D eigenvalue weighted by Crippen LogP contribution is -2.44. The number of carbonyl (C=O) groups is 2. The highest BCUT2D eigenvalue weighted by Crippen LogP contribution is 2.27. The van der Waals surface area contributed by atoms with Gasteiger partial charge < -0.3 is 9.47 Å². The lowest BCUT2D eigenvalue weighted by molar-refractivity contribution is -0.123. The number of nitrogens with one attached hydrogen (secondary N) is 2. The van der Waals surface area contributed by atoms with Crippen molar-refractivity contribution in [1.82, 2.24) is 15.8 Å². The van der Waals surface area contributed by atoms with Crippen molar-refractivity contribution < 1.29 is 19.1 Å². The van der Waals surface area contributed by atoms with Gasteiger partial charge in [0.05, 0.1) is 6.61 Å². The molecule has 2 rings (SSSR count). The van der Waals surface area contributed by atoms with Crippen LogP contribution in [-0.2, 0) is 4.79 Å². The number of rotatable bonds is 7. The van der Waals surface area contributed by atoms with Crippen molar-refractivity contribution in [2.75, 3.05) is 13.2 Å². The summed E-state index contributed by atoms with van der Waals surface area (Å²) in [4.78, 5) is 28.3. The highest BCUT2D eigenvalue weighted by molar-refractivity contribution is 5.97. The maximum atomic E-state index is 12.2. The highest BCUT2D eigenvalue weighted by atomic mass is 16.5. The predicted octanol–water partition coefficient (Wildman–Crippen LogP) is 2.75. The van der Waals surface area contributed by atoms with Gasteiger partial charge in [0.1, 0.15) is 11.3 Å². The van der Waals surface area contributed by atoms with Crippen molar-refractivity contribution in [3.63, 3.8) is 0 Å². The summed E-state index contributed by atoms with van der Waals surface area (Å²) in [5.41, 5.74) is 6.99. The van der Waals surface area contributed by atoms with Crippen molar-refractivity contribution >= 4 is 11.8 Å². The van der Waals surface area contributed by atoms with E-state index in [1.807, 2.05) is 25.1 Å². The molecule has 0 aliphatic carbocycles. The maximum absolute atomic E-state index is 12.2. The zero-order chi connectivity index (χ0) is 19.8. The minimum atomic E-state index is -0.515. The van der Waals surface area contributed by atoms with E-state index in [1.165, 1.54) is 6.20 Å². The average Bonchev–Trinajstić information content (AvgIpc) is 2.65. The summed E-state index contributed by atoms with van der Waals surface area (Å²) < 4.78 is 10.9. The van der Waals surface area contributed by atoms with Crippen LogP contribution in [0.5, 0.6) is 11.6 Å². The van der Waals surface area contributed by atoms with Crippen LogP contribution in [0.4, 0.5) is 0 Å². The Kier molecular flexibility index (Phi) is 7.16. The number of pyridine rings is 1. The molecule has 0 saturated heterocycles. The fourth-order valence-corrected chi connectivity index (χ4v) is 2.43. The molecule has 0 atom stereocenters. The van der Waals surface area contributed by atoms with E-state index < -0.39 is 11.8 Å². The molecule has 0 fully saturated rings. The van der Waals surface area contributed by atoms with Crippen molar-refractivity contribution in [1.29, 1.82) is 0 Å². The molecule has 2 aromatic rings. The van der Waals surface area contributed by atoms with Gasteiger partial charge in [0.25, 0.3) is 11.8 Å². The van der Waals surface area contributed by atoms with Gasteiger partial charge in [-0.2, -0.15) is 0 Å². The minimum absolute atomic E-state index is 0.212. The largest absolute Gasteiger partial charge is 0.483 e. The Morgan fingerprint density at radius 1 is 1.15 bits per heavy atom. The van der Waals surface area contributed by atoms with Gasteiger partial charge in [-0.25, -0.2) is 4.98 Å². The third-order valence-electron chi connectivity index (χ3n) is 3.76. The fourth-order valence-electron chi connectivity index (χ4n) is 2.43. The number of ether oxygens (including phenoxy) is 2. The van der Waals surface area contributed by atoms with Crippen molar-refractivity contribution in [2.24, 2.45) is 0 Å². The van der Waals surface area contributed by atoms with E-state index in [2.05, 4.69) is 29.7 Å². The number of aromatic nitrogens is 1. The van der Waals surface area contributed by atoms with Gasteiger partial charge in [0.15, 0.2) is 6.61 Å². The van der Waals surface area contributed by atoms with E-state index in [0.717, 1.165) is 11.1 Å². The van der Waals surface area contributed by atoms with Gasteiger partial charge in [-0.15, -0.1) is 0 Å². The third kappa shape index (κ3) is 5.70. The molecule has 0 saturated carbocycles. The molecule has 0 spiro atoms. The molecular formula is C20H25N3O4. The Labute approximate surface area is 159 Å². The van der Waals surface area contributed by atoms with Crippen LogP contribution in [0.2, 0.25) is 0 Å². The Morgan fingerprint density at radius 3 is 2.63 bits per heavy atom. The van der Waals surface area contributed by atoms with Gasteiger partial charge >= 0.3 is 0 Å². The summed E-state index contributed by atoms with van der Waals surface area (Å²) in [6.07, 6.45) is 1.53. The summed E-state index contributed by atoms with van der Waals surface area (Å²) in [7, 11) is 0. The monoisotopic (exact) mass is 371 g/mol. The van der Waals surface area contributed by atoms with Crippen LogP contribution in [0, 0.1) is 6.92 Å². The Hall–Kier alpha value is -3.09. The lowest BCUT2D eigenvalue weighted by atomic mass is 10.0. The summed E-state index contributed by atoms with van der Waals surface area (Å²) >= 11 is 0. The van der Waals surface area contributed by atoms with Gasteiger partial charge in [0, 0.05) is 6.20 Å². The smallest absolute Gasteiger partial charge is 0.276 e. The van der Waals surface area contributed by atoms with Gasteiger partial charge in [-0.1, -0.05) is 26.0 Å². The van der Waals surface area contributed by atoms with Crippen LogP contribution in [0.1, 0.15) is 48.2 Å². The number of carbonyl (C=O) groups excluding carboxylic acids is 2. The molecule has 7 heteroatoms. The molecule has 0 aliphatic heterocycles. The molecule has 144 valence electrons. The molecule has 0 bridgehead atoms. The zero-order valence-corrected chi connectivity index (χ0v) is 16.0. The SMILES string of the molecule is CCOc1ncccc1C(=O)NNC(=O)COc1cc(C)ccc1C(C)C. The molecule has 1 heterocycles. The second kappa shape index (κ2) is 9.56. The summed E-state index contributed by atoms with van der Waals surface area (Å²) in [5.74, 6) is 0.160. The van der Waals surface area contributed by atoms with E-state index in [9.17, 15) is 9.59 Å². The standard InChI is InChI=1S/C20H25N3O4/c1-5-26-20-16(7-6-10-21-20)19(25)23-22-18(24)12-27-17-11-14(4)8-9-15(17)13(2)3/h6-11,13H,5,12H2,1-4H3,(H,22,24)(H,23,25). The molecular weight excluding hydrogens is 346 g/mol. The molecule has 7 nitrogen and oxygen atoms in total. The first kappa shape index (κ1) is 20.2. The van der Waals surface area contributed by atoms with Crippen molar-refractivity contribution in [3.8, 4) is 11.6 Å². The highest BCUT2D eigenvalue weighted by Gasteiger charge is 2.15. The topological polar surface area (TPSA) is 89.5 Å². The minimum Gasteiger partial charge on any atom is -0.483 e. The quantitative estimate of drug-likeness (QED) is 0.731. The second-order valence-electron chi connectivity index (χ2n) is 6.28. The Morgan fingerprint density at radius 2 is 1.93 bits per heavy atom. The van der Waals surface area contributed by atoms with E-state index in [4.69, 9.17) is 9.47 Å². The number of hydrogen-bond acceptors (Lipinski definition) is 5. The molecule has 0 aliphatic rings. The fraction of sp³-hybridized carbons (Fsp3) is 0.350. The molecule has 1 aromatic carbocycles. The van der Waals surface area contributed by atoms with Gasteiger partial charge in [0.2, 0.25) is 5.88 Å². The van der Waals surface area contributed by atoms with Crippen molar-refractivity contribution in [3.05, 3.63) is 53.2 Å². The lowest BCUT2D eigenvalue weighted by Gasteiger charge is -2.15. The van der Waals surface area contributed by atoms with E-state index in [1.54, 1.807) is 19.1 Å². The average molecular weight is 371 g/mol. The van der Waals surface area contributed by atoms with Gasteiger partial charge in [-0.3, -0.25) is 20.4 Å². The number of benzene rings is 1.